The number of nitrogens with one attached hydrogen (secondary N) is 3. The molecule has 0 aromatic heterocycles. The number of halogens is 10. The van der Waals surface area contributed by atoms with E-state index in [-0.39, 0.29) is 109 Å². The van der Waals surface area contributed by atoms with Crippen molar-refractivity contribution in [3.63, 3.8) is 0 Å². The van der Waals surface area contributed by atoms with Crippen molar-refractivity contribution in [3.05, 3.63) is 0 Å². The van der Waals surface area contributed by atoms with Gasteiger partial charge in [-0.25, -0.2) is 17.6 Å². The summed E-state index contributed by atoms with van der Waals surface area (Å²) in [7, 11) is 7.75. The molecule has 11 atom stereocenters. The third-order valence-corrected chi connectivity index (χ3v) is 24.7. The average Bonchev–Trinajstić information content (AvgIpc) is 1.30. The Labute approximate surface area is 637 Å². The number of carbonyl (C=O) groups excluding carboxylic acids is 12. The minimum atomic E-state index is -5.28. The minimum absolute atomic E-state index is 0.0218. The number of hydrogen-bond acceptors (Lipinski definition) is 13. The summed E-state index contributed by atoms with van der Waals surface area (Å²) in [5, 5.41) is 7.91. The van der Waals surface area contributed by atoms with Crippen LogP contribution >= 0.6 is 0 Å². The molecule has 35 heteroatoms. The molecule has 622 valence electrons. The van der Waals surface area contributed by atoms with Crippen LogP contribution in [0.15, 0.2) is 0 Å². The van der Waals surface area contributed by atoms with Crippen molar-refractivity contribution < 1.29 is 106 Å². The largest absolute Gasteiger partial charge is 0.397 e. The van der Waals surface area contributed by atoms with E-state index in [4.69, 9.17) is 4.74 Å². The van der Waals surface area contributed by atoms with Gasteiger partial charge in [-0.1, -0.05) is 59.8 Å². The fraction of sp³-hybridized carbons (Fsp3) is 0.840. The van der Waals surface area contributed by atoms with E-state index >= 15 is 55.9 Å². The molecular formula is C75H114F10N12O13. The van der Waals surface area contributed by atoms with Gasteiger partial charge >= 0.3 is 12.4 Å². The fourth-order valence-electron chi connectivity index (χ4n) is 17.6. The molecule has 2 bridgehead atoms. The first kappa shape index (κ1) is 88.5. The molecule has 4 saturated heterocycles. The van der Waals surface area contributed by atoms with Gasteiger partial charge in [-0.15, -0.1) is 0 Å². The van der Waals surface area contributed by atoms with E-state index in [2.05, 4.69) is 16.0 Å². The van der Waals surface area contributed by atoms with Crippen molar-refractivity contribution >= 4 is 70.9 Å². The molecule has 0 aromatic rings. The number of carbonyl (C=O) groups is 12. The summed E-state index contributed by atoms with van der Waals surface area (Å²) >= 11 is 0. The van der Waals surface area contributed by atoms with Gasteiger partial charge < -0.3 is 64.8 Å². The number of fused-ring (bicyclic) bond motifs is 3. The summed E-state index contributed by atoms with van der Waals surface area (Å²) in [6.45, 7) is 4.14. The summed E-state index contributed by atoms with van der Waals surface area (Å²) < 4.78 is 153. The number of rotatable bonds is 11. The van der Waals surface area contributed by atoms with Crippen molar-refractivity contribution in [3.8, 4) is 0 Å². The van der Waals surface area contributed by atoms with Crippen LogP contribution < -0.4 is 16.0 Å². The normalized spacial score (nSPS) is 32.2. The van der Waals surface area contributed by atoms with Gasteiger partial charge in [0, 0.05) is 68.3 Å². The maximum absolute atomic E-state index is 16.2. The summed E-state index contributed by atoms with van der Waals surface area (Å²) in [5.41, 5.74) is -1.91. The van der Waals surface area contributed by atoms with Gasteiger partial charge in [0.1, 0.15) is 72.1 Å². The molecule has 8 aliphatic rings. The Morgan fingerprint density at radius 1 is 0.591 bits per heavy atom. The maximum atomic E-state index is 16.2. The molecule has 25 nitrogen and oxygen atoms in total. The Kier molecular flexibility index (Phi) is 30.0. The number of nitrogens with zero attached hydrogens (tertiary/aromatic N) is 9. The molecule has 2 unspecified atom stereocenters. The van der Waals surface area contributed by atoms with Crippen LogP contribution in [0.4, 0.5) is 43.9 Å². The van der Waals surface area contributed by atoms with E-state index in [9.17, 15) is 45.5 Å². The monoisotopic (exact) mass is 1580 g/mol. The maximum Gasteiger partial charge on any atom is 0.397 e. The Hall–Kier alpha value is -7.10. The van der Waals surface area contributed by atoms with Crippen molar-refractivity contribution in [2.24, 2.45) is 41.4 Å². The second kappa shape index (κ2) is 37.2. The molecule has 0 aromatic carbocycles. The second-order valence-electron chi connectivity index (χ2n) is 32.9. The molecule has 4 aliphatic heterocycles. The van der Waals surface area contributed by atoms with Gasteiger partial charge in [-0.2, -0.15) is 26.3 Å². The molecule has 12 amide bonds. The smallest absolute Gasteiger partial charge is 0.378 e. The Morgan fingerprint density at radius 3 is 1.77 bits per heavy atom. The summed E-state index contributed by atoms with van der Waals surface area (Å²) in [6, 6.07) is -12.6. The van der Waals surface area contributed by atoms with Crippen molar-refractivity contribution in [2.45, 2.75) is 266 Å². The van der Waals surface area contributed by atoms with Crippen molar-refractivity contribution in [1.82, 2.24) is 60.0 Å². The number of amides is 12. The molecule has 4 saturated carbocycles. The van der Waals surface area contributed by atoms with Crippen LogP contribution in [0.5, 0.6) is 0 Å². The molecule has 1 spiro atoms. The van der Waals surface area contributed by atoms with Gasteiger partial charge in [-0.3, -0.25) is 57.5 Å². The lowest BCUT2D eigenvalue weighted by atomic mass is 9.74. The highest BCUT2D eigenvalue weighted by molar-refractivity contribution is 6.01. The molecule has 8 fully saturated rings. The van der Waals surface area contributed by atoms with Crippen LogP contribution in [-0.2, 0) is 62.3 Å². The minimum Gasteiger partial charge on any atom is -0.378 e. The van der Waals surface area contributed by atoms with E-state index in [1.165, 1.54) is 45.0 Å². The third-order valence-electron chi connectivity index (χ3n) is 24.7. The zero-order chi connectivity index (χ0) is 81.4. The zero-order valence-corrected chi connectivity index (χ0v) is 65.1. The van der Waals surface area contributed by atoms with Crippen LogP contribution in [0.3, 0.4) is 0 Å². The number of morpholine rings is 1. The SMILES string of the molecule is CC[C@H](C)[C@@H]1NC(=O)[C@H](CC(C)C)N(C)C(=O)C[C@@H](C(=O)N2CCOCC2)N(C)C(=O)[C@H](C2CCCC2)N(C)C(=O)C2(CCC2)NC(=O)[C@@H]2CC(F)(F)CN2C(=O)[C@H](CCC2CC(F)C(C(F)(F)F)C(F)C2)NC(=O)CN(C)C(=O)[C@H](CC2CCC(C(F)(F)F)CC2)N2CCCCC[C@@H](C2=O)N(C)C(=O)CN(C)C1=O. The molecule has 0 radical (unpaired) electrons. The van der Waals surface area contributed by atoms with Crippen LogP contribution in [0.2, 0.25) is 0 Å². The van der Waals surface area contributed by atoms with Gasteiger partial charge in [0.2, 0.25) is 70.9 Å². The highest BCUT2D eigenvalue weighted by Gasteiger charge is 2.58. The lowest BCUT2D eigenvalue weighted by Gasteiger charge is -2.47. The van der Waals surface area contributed by atoms with E-state index in [1.807, 2.05) is 0 Å². The highest BCUT2D eigenvalue weighted by Crippen LogP contribution is 2.46. The fourth-order valence-corrected chi connectivity index (χ4v) is 17.6. The van der Waals surface area contributed by atoms with Crippen LogP contribution in [0, 0.1) is 41.4 Å². The van der Waals surface area contributed by atoms with Gasteiger partial charge in [0.15, 0.2) is 0 Å². The zero-order valence-electron chi connectivity index (χ0n) is 65.1. The molecule has 3 N–H and O–H groups in total. The predicted octanol–water partition coefficient (Wildman–Crippen LogP) is 6.58. The summed E-state index contributed by atoms with van der Waals surface area (Å²) in [5.74, 6) is -22.7. The Bertz CT molecular complexity index is 3280. The molecule has 4 heterocycles. The lowest BCUT2D eigenvalue weighted by Crippen LogP contribution is -2.68. The van der Waals surface area contributed by atoms with Crippen molar-refractivity contribution in [1.29, 1.82) is 0 Å². The first-order chi connectivity index (χ1) is 51.5. The average molecular weight is 1580 g/mol. The van der Waals surface area contributed by atoms with E-state index < -0.39 is 249 Å². The van der Waals surface area contributed by atoms with Gasteiger partial charge in [0.25, 0.3) is 5.92 Å². The number of alkyl halides is 10. The number of likely N-dealkylation sites (N-methyl/N-ethyl adjacent to an activating group) is 6. The van der Waals surface area contributed by atoms with E-state index in [0.717, 1.165) is 36.4 Å². The number of ether oxygens (including phenoxy) is 1. The third kappa shape index (κ3) is 21.2. The highest BCUT2D eigenvalue weighted by atomic mass is 19.4. The predicted molar refractivity (Wildman–Crippen MR) is 379 cm³/mol. The molecular weight excluding hydrogens is 1470 g/mol. The van der Waals surface area contributed by atoms with Gasteiger partial charge in [-0.05, 0) is 139 Å². The Morgan fingerprint density at radius 2 is 1.20 bits per heavy atom. The first-order valence-corrected chi connectivity index (χ1v) is 39.2. The Balaban J connectivity index is 1.20. The standard InChI is InChI=1S/C75H114F10N12O13/c1-11-44(4)61-69(107)90(6)41-59(100)91(7)52-20-13-12-16-29-96(68(52)106)55(37-45-21-24-48(25-22-45)74(80,81)82)66(104)89(5)40-57(98)86-51(26-23-46-35-49(76)60(50(77)36-46)75(83,84)85)65(103)97-42-73(78,79)39-56(97)64(102)88-72(27-17-28-72)71(109)94(10)62(47-18-14-15-19-47)70(108)93(9)54(67(105)95-30-32-110-33-31-95)38-58(99)92(8)53(34-43(2)3)63(101)87-61/h43-56,60-62H,11-42H2,1-10H3,(H,86,98)(H,87,101)(H,88,102)/t44-,45?,46?,48?,49?,50?,51-,52-,53-,54-,55-,56-,60?,61-,62-/m0/s1. The van der Waals surface area contributed by atoms with E-state index in [1.54, 1.807) is 27.7 Å². The van der Waals surface area contributed by atoms with Crippen LogP contribution in [-0.4, -0.2) is 294 Å². The van der Waals surface area contributed by atoms with Gasteiger partial charge in [0.05, 0.1) is 45.2 Å². The second-order valence-corrected chi connectivity index (χ2v) is 32.9. The molecule has 4 aliphatic carbocycles. The summed E-state index contributed by atoms with van der Waals surface area (Å²) in [6.07, 6.45) is -17.7. The van der Waals surface area contributed by atoms with Crippen molar-refractivity contribution in [2.75, 3.05) is 94.8 Å². The quantitative estimate of drug-likeness (QED) is 0.185. The van der Waals surface area contributed by atoms with Crippen LogP contribution in [0.25, 0.3) is 0 Å². The van der Waals surface area contributed by atoms with E-state index in [0.29, 0.717) is 49.8 Å². The number of hydrogen-bond donors (Lipinski definition) is 3. The molecule has 8 rings (SSSR count). The first-order valence-electron chi connectivity index (χ1n) is 39.2. The molecule has 110 heavy (non-hydrogen) atoms. The topological polar surface area (TPSA) is 279 Å². The van der Waals surface area contributed by atoms with Crippen LogP contribution in [0.1, 0.15) is 182 Å². The lowest BCUT2D eigenvalue weighted by molar-refractivity contribution is -0.219. The summed E-state index contributed by atoms with van der Waals surface area (Å²) in [4.78, 5) is 191.